The number of nitrogens with one attached hydrogen (secondary N) is 1. The van der Waals surface area contributed by atoms with Crippen molar-refractivity contribution in [2.45, 2.75) is 50.6 Å². The normalized spacial score (nSPS) is 23.9. The van der Waals surface area contributed by atoms with Crippen molar-refractivity contribution in [1.29, 1.82) is 0 Å². The van der Waals surface area contributed by atoms with Gasteiger partial charge < -0.3 is 9.80 Å². The monoisotopic (exact) mass is 345 g/mol. The molecule has 1 atom stereocenters. The van der Waals surface area contributed by atoms with E-state index in [0.29, 0.717) is 19.0 Å². The number of carbonyl (C=O) groups excluding carboxylic acids is 3. The van der Waals surface area contributed by atoms with Crippen molar-refractivity contribution in [2.24, 2.45) is 0 Å². The molecular formula is C17H23N5O3. The molecule has 0 radical (unpaired) electrons. The van der Waals surface area contributed by atoms with Crippen LogP contribution in [-0.4, -0.2) is 69.4 Å². The summed E-state index contributed by atoms with van der Waals surface area (Å²) in [6, 6.07) is -1.05. The molecule has 4 rings (SSSR count). The molecule has 1 aliphatic carbocycles. The Balaban J connectivity index is 1.46. The molecule has 2 aliphatic heterocycles. The molecule has 0 aromatic carbocycles. The minimum atomic E-state index is -0.693. The summed E-state index contributed by atoms with van der Waals surface area (Å²) in [7, 11) is 3.02. The van der Waals surface area contributed by atoms with Crippen molar-refractivity contribution < 1.29 is 14.4 Å². The van der Waals surface area contributed by atoms with Crippen LogP contribution in [0.4, 0.5) is 4.79 Å². The number of carbonyl (C=O) groups is 3. The van der Waals surface area contributed by atoms with Crippen molar-refractivity contribution in [1.82, 2.24) is 24.9 Å². The van der Waals surface area contributed by atoms with Gasteiger partial charge in [-0.15, -0.1) is 0 Å². The average molecular weight is 345 g/mol. The molecule has 4 amide bonds. The third kappa shape index (κ3) is 2.51. The molecular weight excluding hydrogens is 322 g/mol. The molecule has 2 fully saturated rings. The fourth-order valence-corrected chi connectivity index (χ4v) is 3.92. The summed E-state index contributed by atoms with van der Waals surface area (Å²) >= 11 is 0. The SMILES string of the molecule is CN1C(=O)[C@@H](CC(=O)N2CCc3[nH]nc(C4CCC4)c3C2)N(C)C1=O. The molecule has 8 heteroatoms. The van der Waals surface area contributed by atoms with E-state index in [2.05, 4.69) is 10.2 Å². The first-order valence-corrected chi connectivity index (χ1v) is 8.85. The van der Waals surface area contributed by atoms with E-state index in [9.17, 15) is 14.4 Å². The van der Waals surface area contributed by atoms with Gasteiger partial charge >= 0.3 is 6.03 Å². The van der Waals surface area contributed by atoms with Gasteiger partial charge in [0.1, 0.15) is 6.04 Å². The lowest BCUT2D eigenvalue weighted by Crippen LogP contribution is -2.41. The number of likely N-dealkylation sites (N-methyl/N-ethyl adjacent to an activating group) is 2. The lowest BCUT2D eigenvalue weighted by Gasteiger charge is -2.31. The molecule has 0 spiro atoms. The summed E-state index contributed by atoms with van der Waals surface area (Å²) < 4.78 is 0. The Morgan fingerprint density at radius 1 is 1.28 bits per heavy atom. The van der Waals surface area contributed by atoms with Crippen molar-refractivity contribution in [2.75, 3.05) is 20.6 Å². The molecule has 3 aliphatic rings. The zero-order valence-corrected chi connectivity index (χ0v) is 14.6. The van der Waals surface area contributed by atoms with E-state index in [1.807, 2.05) is 0 Å². The fourth-order valence-electron chi connectivity index (χ4n) is 3.92. The van der Waals surface area contributed by atoms with E-state index in [1.165, 1.54) is 31.2 Å². The van der Waals surface area contributed by atoms with Crippen LogP contribution in [0.5, 0.6) is 0 Å². The second-order valence-corrected chi connectivity index (χ2v) is 7.27. The third-order valence-corrected chi connectivity index (χ3v) is 5.85. The Kier molecular flexibility index (Phi) is 3.77. The van der Waals surface area contributed by atoms with Crippen LogP contribution in [0.3, 0.4) is 0 Å². The molecule has 1 aromatic heterocycles. The zero-order chi connectivity index (χ0) is 17.7. The average Bonchev–Trinajstić information content (AvgIpc) is 3.04. The number of aromatic nitrogens is 2. The van der Waals surface area contributed by atoms with E-state index in [-0.39, 0.29) is 24.3 Å². The summed E-state index contributed by atoms with van der Waals surface area (Å²) in [6.45, 7) is 1.16. The second kappa shape index (κ2) is 5.86. The number of hydrogen-bond acceptors (Lipinski definition) is 4. The van der Waals surface area contributed by atoms with Crippen LogP contribution in [0.15, 0.2) is 0 Å². The van der Waals surface area contributed by atoms with Crippen LogP contribution in [0.1, 0.15) is 48.6 Å². The van der Waals surface area contributed by atoms with Gasteiger partial charge in [-0.3, -0.25) is 19.6 Å². The Morgan fingerprint density at radius 3 is 2.64 bits per heavy atom. The molecule has 1 saturated carbocycles. The zero-order valence-electron chi connectivity index (χ0n) is 14.6. The predicted octanol–water partition coefficient (Wildman–Crippen LogP) is 0.844. The molecule has 1 saturated heterocycles. The topological polar surface area (TPSA) is 89.6 Å². The van der Waals surface area contributed by atoms with E-state index in [1.54, 1.807) is 11.9 Å². The van der Waals surface area contributed by atoms with Gasteiger partial charge in [-0.25, -0.2) is 4.79 Å². The van der Waals surface area contributed by atoms with Gasteiger partial charge in [0, 0.05) is 50.8 Å². The molecule has 1 aromatic rings. The third-order valence-electron chi connectivity index (χ3n) is 5.85. The quantitative estimate of drug-likeness (QED) is 0.822. The number of rotatable bonds is 3. The summed E-state index contributed by atoms with van der Waals surface area (Å²) in [5.41, 5.74) is 3.40. The number of H-pyrrole nitrogens is 1. The first-order chi connectivity index (χ1) is 12.0. The van der Waals surface area contributed by atoms with Gasteiger partial charge in [-0.05, 0) is 12.8 Å². The van der Waals surface area contributed by atoms with Crippen LogP contribution in [0.2, 0.25) is 0 Å². The first-order valence-electron chi connectivity index (χ1n) is 8.85. The number of imide groups is 1. The minimum Gasteiger partial charge on any atom is -0.338 e. The highest BCUT2D eigenvalue weighted by atomic mass is 16.2. The lowest BCUT2D eigenvalue weighted by molar-refractivity contribution is -0.137. The maximum Gasteiger partial charge on any atom is 0.326 e. The number of nitrogens with zero attached hydrogens (tertiary/aromatic N) is 4. The summed E-state index contributed by atoms with van der Waals surface area (Å²) in [5, 5.41) is 7.62. The molecule has 25 heavy (non-hydrogen) atoms. The van der Waals surface area contributed by atoms with Crippen LogP contribution in [0, 0.1) is 0 Å². The Hall–Kier alpha value is -2.38. The highest BCUT2D eigenvalue weighted by Crippen LogP contribution is 2.38. The number of fused-ring (bicyclic) bond motifs is 1. The van der Waals surface area contributed by atoms with Gasteiger partial charge in [0.2, 0.25) is 5.91 Å². The first kappa shape index (κ1) is 16.1. The molecule has 0 bridgehead atoms. The van der Waals surface area contributed by atoms with Crippen LogP contribution < -0.4 is 0 Å². The Bertz CT molecular complexity index is 739. The predicted molar refractivity (Wildman–Crippen MR) is 88.6 cm³/mol. The van der Waals surface area contributed by atoms with Crippen LogP contribution >= 0.6 is 0 Å². The molecule has 134 valence electrons. The number of aromatic amines is 1. The number of hydrogen-bond donors (Lipinski definition) is 1. The maximum atomic E-state index is 12.7. The maximum absolute atomic E-state index is 12.7. The molecule has 3 heterocycles. The fraction of sp³-hybridized carbons (Fsp3) is 0.647. The van der Waals surface area contributed by atoms with E-state index >= 15 is 0 Å². The summed E-state index contributed by atoms with van der Waals surface area (Å²) in [5.74, 6) is 0.126. The second-order valence-electron chi connectivity index (χ2n) is 7.27. The Morgan fingerprint density at radius 2 is 2.04 bits per heavy atom. The van der Waals surface area contributed by atoms with Crippen molar-refractivity contribution in [3.05, 3.63) is 17.0 Å². The summed E-state index contributed by atoms with van der Waals surface area (Å²) in [4.78, 5) is 41.0. The van der Waals surface area contributed by atoms with Gasteiger partial charge in [-0.1, -0.05) is 6.42 Å². The molecule has 1 N–H and O–H groups in total. The van der Waals surface area contributed by atoms with Crippen LogP contribution in [-0.2, 0) is 22.6 Å². The highest BCUT2D eigenvalue weighted by molar-refractivity contribution is 6.05. The Labute approximate surface area is 146 Å². The van der Waals surface area contributed by atoms with Gasteiger partial charge in [0.15, 0.2) is 0 Å². The minimum absolute atomic E-state index is 0.0390. The highest BCUT2D eigenvalue weighted by Gasteiger charge is 2.42. The standard InChI is InChI=1S/C17H23N5O3/c1-20-13(16(24)21(2)17(20)25)8-14(23)22-7-6-12-11(9-22)15(19-18-12)10-4-3-5-10/h10,13H,3-9H2,1-2H3,(H,18,19)/t13-/m1/s1. The molecule has 8 nitrogen and oxygen atoms in total. The van der Waals surface area contributed by atoms with Crippen LogP contribution in [0.25, 0.3) is 0 Å². The number of urea groups is 1. The van der Waals surface area contributed by atoms with Crippen molar-refractivity contribution >= 4 is 17.8 Å². The largest absolute Gasteiger partial charge is 0.338 e. The van der Waals surface area contributed by atoms with E-state index in [0.717, 1.165) is 28.3 Å². The van der Waals surface area contributed by atoms with Gasteiger partial charge in [0.25, 0.3) is 5.91 Å². The van der Waals surface area contributed by atoms with E-state index < -0.39 is 6.04 Å². The summed E-state index contributed by atoms with van der Waals surface area (Å²) in [6.07, 6.45) is 4.38. The van der Waals surface area contributed by atoms with E-state index in [4.69, 9.17) is 0 Å². The molecule has 0 unspecified atom stereocenters. The number of amides is 4. The van der Waals surface area contributed by atoms with Crippen molar-refractivity contribution in [3.8, 4) is 0 Å². The van der Waals surface area contributed by atoms with Gasteiger partial charge in [0.05, 0.1) is 12.1 Å². The lowest BCUT2D eigenvalue weighted by atomic mass is 9.80. The van der Waals surface area contributed by atoms with Crippen molar-refractivity contribution in [3.63, 3.8) is 0 Å². The smallest absolute Gasteiger partial charge is 0.326 e. The van der Waals surface area contributed by atoms with Gasteiger partial charge in [-0.2, -0.15) is 5.10 Å².